The second-order valence-corrected chi connectivity index (χ2v) is 23.1. The van der Waals surface area contributed by atoms with E-state index in [1.807, 2.05) is 84.0 Å². The quantitative estimate of drug-likeness (QED) is 0.0730. The summed E-state index contributed by atoms with van der Waals surface area (Å²) in [7, 11) is 6.05. The minimum atomic E-state index is -0.442. The van der Waals surface area contributed by atoms with Gasteiger partial charge in [0.25, 0.3) is 0 Å². The molecule has 6 N–H and O–H groups in total. The molecule has 6 aromatic carbocycles. The second kappa shape index (κ2) is 28.0. The van der Waals surface area contributed by atoms with E-state index in [4.69, 9.17) is 31.4 Å². The number of nitrogens with zero attached hydrogens (tertiary/aromatic N) is 9. The number of likely N-dealkylation sites (tertiary alicyclic amines) is 3. The molecule has 18 heteroatoms. The molecule has 3 aromatic heterocycles. The van der Waals surface area contributed by atoms with E-state index in [1.165, 1.54) is 89.0 Å². The number of aromatic nitrogens is 6. The summed E-state index contributed by atoms with van der Waals surface area (Å²) in [5, 5.41) is 13.4. The van der Waals surface area contributed by atoms with Crippen LogP contribution in [0.3, 0.4) is 0 Å². The zero-order valence-electron chi connectivity index (χ0n) is 51.4. The first kappa shape index (κ1) is 61.7. The van der Waals surface area contributed by atoms with Crippen molar-refractivity contribution in [3.8, 4) is 34.5 Å². The summed E-state index contributed by atoms with van der Waals surface area (Å²) >= 11 is 0. The molecular weight excluding hydrogens is 1100 g/mol. The molecule has 3 atom stereocenters. The Kier molecular flexibility index (Phi) is 19.6. The lowest BCUT2D eigenvalue weighted by atomic mass is 10.0. The Balaban J connectivity index is 0.000000146. The zero-order valence-corrected chi connectivity index (χ0v) is 51.4. The summed E-state index contributed by atoms with van der Waals surface area (Å²) in [6, 6.07) is 46.4. The van der Waals surface area contributed by atoms with Gasteiger partial charge in [-0.25, -0.2) is 0 Å². The van der Waals surface area contributed by atoms with Crippen molar-refractivity contribution in [1.82, 2.24) is 44.0 Å². The first-order valence-corrected chi connectivity index (χ1v) is 30.1. The van der Waals surface area contributed by atoms with Crippen LogP contribution < -0.4 is 31.4 Å². The topological polar surface area (TPSA) is 220 Å². The molecule has 456 valence electrons. The molecule has 9 aromatic rings. The molecule has 0 aliphatic carbocycles. The van der Waals surface area contributed by atoms with Gasteiger partial charge < -0.3 is 31.4 Å². The lowest BCUT2D eigenvalue weighted by Gasteiger charge is -2.25. The average molecular weight is 1190 g/mol. The third-order valence-corrected chi connectivity index (χ3v) is 17.2. The molecule has 12 rings (SSSR count). The van der Waals surface area contributed by atoms with Crippen LogP contribution in [0.1, 0.15) is 144 Å². The normalized spacial score (nSPS) is 16.8. The summed E-state index contributed by atoms with van der Waals surface area (Å²) in [4.78, 5) is 41.1. The lowest BCUT2D eigenvalue weighted by Crippen LogP contribution is -2.25. The number of aryl methyl sites for hydroxylation is 5. The largest absolute Gasteiger partial charge is 0.457 e. The molecular formula is C70H80N12O6. The van der Waals surface area contributed by atoms with Crippen molar-refractivity contribution < 1.29 is 28.6 Å². The third-order valence-electron chi connectivity index (χ3n) is 17.2. The molecule has 18 nitrogen and oxygen atoms in total. The van der Waals surface area contributed by atoms with Gasteiger partial charge in [-0.05, 0) is 217 Å². The van der Waals surface area contributed by atoms with E-state index >= 15 is 0 Å². The number of nitrogens with two attached hydrogens (primary N) is 3. The molecule has 3 aliphatic heterocycles. The van der Waals surface area contributed by atoms with Crippen LogP contribution in [-0.4, -0.2) is 81.4 Å². The average Bonchev–Trinajstić information content (AvgIpc) is 3.15. The van der Waals surface area contributed by atoms with Crippen molar-refractivity contribution in [2.75, 3.05) is 19.6 Å². The molecule has 0 spiro atoms. The number of hydrogen-bond acceptors (Lipinski definition) is 12. The summed E-state index contributed by atoms with van der Waals surface area (Å²) in [6.07, 6.45) is 11.1. The predicted molar refractivity (Wildman–Crippen MR) is 340 cm³/mol. The van der Waals surface area contributed by atoms with Crippen LogP contribution in [0, 0.1) is 27.7 Å². The molecule has 6 heterocycles. The fraction of sp³-hybridized carbons (Fsp3) is 0.314. The van der Waals surface area contributed by atoms with Gasteiger partial charge in [0.1, 0.15) is 34.5 Å². The summed E-state index contributed by atoms with van der Waals surface area (Å²) in [6.45, 7) is 14.6. The number of amides is 3. The highest BCUT2D eigenvalue weighted by atomic mass is 16.5. The zero-order chi connectivity index (χ0) is 62.0. The molecule has 3 saturated heterocycles. The van der Waals surface area contributed by atoms with Gasteiger partial charge in [-0.3, -0.25) is 43.1 Å². The molecule has 0 bridgehead atoms. The first-order valence-electron chi connectivity index (χ1n) is 30.1. The van der Waals surface area contributed by atoms with E-state index in [2.05, 4.69) is 94.1 Å². The third kappa shape index (κ3) is 15.1. The van der Waals surface area contributed by atoms with Gasteiger partial charge >= 0.3 is 0 Å². The number of benzene rings is 6. The maximum Gasteiger partial charge on any atom is 0.248 e. The number of primary amides is 3. The van der Waals surface area contributed by atoms with Crippen LogP contribution in [0.15, 0.2) is 158 Å². The number of ether oxygens (including phenoxy) is 3. The number of carbonyl (C=O) groups excluding carboxylic acids is 3. The van der Waals surface area contributed by atoms with Crippen molar-refractivity contribution in [3.05, 3.63) is 231 Å². The lowest BCUT2D eigenvalue weighted by molar-refractivity contribution is 0.0992. The molecule has 0 radical (unpaired) electrons. The van der Waals surface area contributed by atoms with Gasteiger partial charge in [-0.1, -0.05) is 36.4 Å². The van der Waals surface area contributed by atoms with Crippen molar-refractivity contribution in [2.24, 2.45) is 38.3 Å². The highest BCUT2D eigenvalue weighted by molar-refractivity contribution is 5.93. The van der Waals surface area contributed by atoms with Crippen molar-refractivity contribution in [3.63, 3.8) is 0 Å². The second-order valence-electron chi connectivity index (χ2n) is 23.1. The number of carbonyl (C=O) groups is 3. The minimum absolute atomic E-state index is 0.419. The van der Waals surface area contributed by atoms with E-state index in [9.17, 15) is 14.4 Å². The fourth-order valence-electron chi connectivity index (χ4n) is 12.3. The van der Waals surface area contributed by atoms with Crippen LogP contribution in [0.2, 0.25) is 0 Å². The molecule has 3 aliphatic rings. The maximum atomic E-state index is 11.2. The Morgan fingerprint density at radius 2 is 0.773 bits per heavy atom. The molecule has 3 amide bonds. The Labute approximate surface area is 515 Å². The predicted octanol–water partition coefficient (Wildman–Crippen LogP) is 12.2. The van der Waals surface area contributed by atoms with Gasteiger partial charge in [0.2, 0.25) is 17.7 Å². The molecule has 3 fully saturated rings. The van der Waals surface area contributed by atoms with Gasteiger partial charge in [-0.15, -0.1) is 0 Å². The molecule has 88 heavy (non-hydrogen) atoms. The highest BCUT2D eigenvalue weighted by Gasteiger charge is 2.32. The van der Waals surface area contributed by atoms with E-state index in [1.54, 1.807) is 72.8 Å². The highest BCUT2D eigenvalue weighted by Crippen LogP contribution is 2.39. The van der Waals surface area contributed by atoms with Crippen LogP contribution in [0.25, 0.3) is 0 Å². The van der Waals surface area contributed by atoms with Gasteiger partial charge in [0.15, 0.2) is 0 Å². The van der Waals surface area contributed by atoms with Crippen LogP contribution >= 0.6 is 0 Å². The van der Waals surface area contributed by atoms with Crippen molar-refractivity contribution in [2.45, 2.75) is 104 Å². The van der Waals surface area contributed by atoms with Crippen molar-refractivity contribution >= 4 is 17.7 Å². The van der Waals surface area contributed by atoms with Gasteiger partial charge in [0, 0.05) is 92.1 Å². The van der Waals surface area contributed by atoms with E-state index < -0.39 is 17.7 Å². The number of hydrogen-bond donors (Lipinski definition) is 3. The van der Waals surface area contributed by atoms with Gasteiger partial charge in [0.05, 0.1) is 29.8 Å². The van der Waals surface area contributed by atoms with Crippen molar-refractivity contribution in [1.29, 1.82) is 0 Å². The van der Waals surface area contributed by atoms with E-state index in [-0.39, 0.29) is 0 Å². The summed E-state index contributed by atoms with van der Waals surface area (Å²) < 4.78 is 23.6. The van der Waals surface area contributed by atoms with E-state index in [0.717, 1.165) is 62.2 Å². The molecule has 0 unspecified atom stereocenters. The SMILES string of the molecule is Cc1c([C@@H]2CCCN2Cc2ccc(Oc3ccc(C(N)=O)cc3)cc2)cnn1C.Cc1cnn(C)c1[C@@H]1CCCN1Cc1ccc(Oc2ccc(C(N)=O)cc2)cc1.Cc1nn(C)c(C)c1[C@@H]1CCCN1Cc1ccc(Oc2ccc(C(N)=O)cc2)cc1. The number of rotatable bonds is 18. The Hall–Kier alpha value is -9.36. The fourth-order valence-corrected chi connectivity index (χ4v) is 12.3. The maximum absolute atomic E-state index is 11.2. The summed E-state index contributed by atoms with van der Waals surface area (Å²) in [5.74, 6) is 3.00. The smallest absolute Gasteiger partial charge is 0.248 e. The Morgan fingerprint density at radius 3 is 1.10 bits per heavy atom. The Bertz CT molecular complexity index is 3800. The monoisotopic (exact) mass is 1180 g/mol. The molecule has 0 saturated carbocycles. The summed E-state index contributed by atoms with van der Waals surface area (Å²) in [5.41, 5.74) is 29.9. The van der Waals surface area contributed by atoms with Crippen LogP contribution in [0.5, 0.6) is 34.5 Å². The first-order chi connectivity index (χ1) is 42.4. The van der Waals surface area contributed by atoms with Crippen LogP contribution in [-0.2, 0) is 40.8 Å². The Morgan fingerprint density at radius 1 is 0.432 bits per heavy atom. The van der Waals surface area contributed by atoms with Gasteiger partial charge in [-0.2, -0.15) is 15.3 Å². The minimum Gasteiger partial charge on any atom is -0.457 e. The standard InChI is InChI=1S/C24H28N4O2.2C23H26N4O2/c1-16-23(17(2)27(3)26-16)22-5-4-14-28(22)15-18-6-10-20(11-7-18)30-21-12-8-19(9-13-21)24(25)29;1-16-21(14-25-26(16)2)22-4-3-13-27(22)15-17-5-9-19(10-6-17)29-20-11-7-18(8-12-20)23(24)28;1-16-14-25-26(2)22(16)21-4-3-13-27(21)15-17-5-9-19(10-6-17)29-20-11-7-18(8-12-20)23(24)28/h6-13,22H,4-5,14-15H2,1-3H3,(H2,25,29);5-12,14,22H,3-4,13,15H2,1-2H3,(H2,24,28);5-12,14,21H,3-4,13,15H2,1-2H3,(H2,24,28)/t2*22-;21-/m000/s1. The van der Waals surface area contributed by atoms with E-state index in [0.29, 0.717) is 52.1 Å². The van der Waals surface area contributed by atoms with Crippen LogP contribution in [0.4, 0.5) is 0 Å².